The molecule has 2 aromatic rings. The Morgan fingerprint density at radius 1 is 0.895 bits per heavy atom. The second-order valence-corrected chi connectivity index (χ2v) is 3.93. The van der Waals surface area contributed by atoms with Gasteiger partial charge >= 0.3 is 0 Å². The van der Waals surface area contributed by atoms with Crippen LogP contribution in [0.2, 0.25) is 0 Å². The summed E-state index contributed by atoms with van der Waals surface area (Å²) in [6.07, 6.45) is 0. The van der Waals surface area contributed by atoms with Crippen molar-refractivity contribution in [2.45, 2.75) is 0 Å². The molecule has 0 aliphatic carbocycles. The van der Waals surface area contributed by atoms with Gasteiger partial charge in [0.05, 0.1) is 11.1 Å². The van der Waals surface area contributed by atoms with Gasteiger partial charge in [0, 0.05) is 0 Å². The van der Waals surface area contributed by atoms with Crippen molar-refractivity contribution in [3.63, 3.8) is 0 Å². The van der Waals surface area contributed by atoms with Gasteiger partial charge in [-0.25, -0.2) is 9.29 Å². The number of benzene rings is 1. The van der Waals surface area contributed by atoms with Gasteiger partial charge in [-0.05, 0) is 24.3 Å². The third-order valence-electron chi connectivity index (χ3n) is 2.80. The van der Waals surface area contributed by atoms with Crippen molar-refractivity contribution in [3.8, 4) is 0 Å². The molecule has 0 fully saturated rings. The van der Waals surface area contributed by atoms with Gasteiger partial charge < -0.3 is 0 Å². The molecule has 0 bridgehead atoms. The summed E-state index contributed by atoms with van der Waals surface area (Å²) in [6.45, 7) is 0. The van der Waals surface area contributed by atoms with Crippen LogP contribution in [-0.2, 0) is 0 Å². The van der Waals surface area contributed by atoms with Gasteiger partial charge in [-0.3, -0.25) is 9.59 Å². The summed E-state index contributed by atoms with van der Waals surface area (Å²) in [4.78, 5) is 27.9. The number of fused-ring (bicyclic) bond motifs is 1. The standard InChI is InChI=1S/C13H6F2N2O2/c14-9-5-6-10(15)16-11(9)17-12(18)7-3-1-2-4-8(7)13(17)19/h1-6H. The summed E-state index contributed by atoms with van der Waals surface area (Å²) in [7, 11) is 0. The summed E-state index contributed by atoms with van der Waals surface area (Å²) in [5.41, 5.74) is 0.302. The molecule has 0 saturated carbocycles. The van der Waals surface area contributed by atoms with E-state index in [1.54, 1.807) is 12.1 Å². The molecular formula is C13H6F2N2O2. The number of anilines is 1. The van der Waals surface area contributed by atoms with E-state index in [2.05, 4.69) is 4.98 Å². The van der Waals surface area contributed by atoms with Crippen LogP contribution in [-0.4, -0.2) is 16.8 Å². The van der Waals surface area contributed by atoms with Crippen LogP contribution in [0.1, 0.15) is 20.7 Å². The highest BCUT2D eigenvalue weighted by Crippen LogP contribution is 2.28. The largest absolute Gasteiger partial charge is 0.268 e. The minimum absolute atomic E-state index is 0.151. The molecule has 1 aliphatic heterocycles. The Morgan fingerprint density at radius 3 is 2.05 bits per heavy atom. The molecule has 0 spiro atoms. The van der Waals surface area contributed by atoms with E-state index in [1.165, 1.54) is 12.1 Å². The van der Waals surface area contributed by atoms with Crippen molar-refractivity contribution < 1.29 is 18.4 Å². The first-order chi connectivity index (χ1) is 9.09. The number of amides is 2. The van der Waals surface area contributed by atoms with Gasteiger partial charge in [-0.2, -0.15) is 9.37 Å². The zero-order valence-corrected chi connectivity index (χ0v) is 9.43. The molecule has 2 amide bonds. The lowest BCUT2D eigenvalue weighted by molar-refractivity contribution is 0.0923. The van der Waals surface area contributed by atoms with E-state index >= 15 is 0 Å². The zero-order valence-electron chi connectivity index (χ0n) is 9.43. The van der Waals surface area contributed by atoms with Gasteiger partial charge in [0.25, 0.3) is 11.8 Å². The average molecular weight is 260 g/mol. The molecule has 0 unspecified atom stereocenters. The van der Waals surface area contributed by atoms with Crippen LogP contribution in [0.4, 0.5) is 14.6 Å². The maximum atomic E-state index is 13.6. The molecule has 2 heterocycles. The lowest BCUT2D eigenvalue weighted by Gasteiger charge is -2.13. The minimum atomic E-state index is -0.965. The van der Waals surface area contributed by atoms with E-state index in [4.69, 9.17) is 0 Å². The van der Waals surface area contributed by atoms with E-state index in [1.807, 2.05) is 0 Å². The van der Waals surface area contributed by atoms with Crippen molar-refractivity contribution in [2.24, 2.45) is 0 Å². The maximum Gasteiger partial charge on any atom is 0.267 e. The van der Waals surface area contributed by atoms with Crippen LogP contribution in [0.3, 0.4) is 0 Å². The van der Waals surface area contributed by atoms with Crippen LogP contribution < -0.4 is 4.90 Å². The van der Waals surface area contributed by atoms with Gasteiger partial charge in [-0.15, -0.1) is 0 Å². The van der Waals surface area contributed by atoms with Gasteiger partial charge in [0.1, 0.15) is 0 Å². The second kappa shape index (κ2) is 3.94. The number of carbonyl (C=O) groups is 2. The van der Waals surface area contributed by atoms with Crippen molar-refractivity contribution in [1.82, 2.24) is 4.98 Å². The zero-order chi connectivity index (χ0) is 13.6. The Morgan fingerprint density at radius 2 is 1.47 bits per heavy atom. The molecule has 0 N–H and O–H groups in total. The summed E-state index contributed by atoms with van der Waals surface area (Å²) >= 11 is 0. The monoisotopic (exact) mass is 260 g/mol. The second-order valence-electron chi connectivity index (χ2n) is 3.93. The van der Waals surface area contributed by atoms with Crippen molar-refractivity contribution in [1.29, 1.82) is 0 Å². The number of hydrogen-bond donors (Lipinski definition) is 0. The Kier molecular flexibility index (Phi) is 2.38. The van der Waals surface area contributed by atoms with Crippen LogP contribution in [0.15, 0.2) is 36.4 Å². The number of rotatable bonds is 1. The molecule has 1 aliphatic rings. The number of pyridine rings is 1. The predicted molar refractivity (Wildman–Crippen MR) is 61.7 cm³/mol. The van der Waals surface area contributed by atoms with Crippen LogP contribution in [0, 0.1) is 11.8 Å². The van der Waals surface area contributed by atoms with Crippen LogP contribution in [0.25, 0.3) is 0 Å². The maximum absolute atomic E-state index is 13.6. The normalized spacial score (nSPS) is 13.9. The third-order valence-corrected chi connectivity index (χ3v) is 2.80. The Hall–Kier alpha value is -2.63. The molecule has 0 atom stereocenters. The van der Waals surface area contributed by atoms with E-state index in [-0.39, 0.29) is 11.1 Å². The molecule has 0 radical (unpaired) electrons. The predicted octanol–water partition coefficient (Wildman–Crippen LogP) is 2.16. The molecule has 6 heteroatoms. The van der Waals surface area contributed by atoms with E-state index in [0.717, 1.165) is 12.1 Å². The van der Waals surface area contributed by atoms with Gasteiger partial charge in [-0.1, -0.05) is 12.1 Å². The smallest absolute Gasteiger partial charge is 0.267 e. The Labute approximate surface area is 106 Å². The first kappa shape index (κ1) is 11.5. The number of halogens is 2. The van der Waals surface area contributed by atoms with Crippen molar-refractivity contribution >= 4 is 17.6 Å². The summed E-state index contributed by atoms with van der Waals surface area (Å²) in [6, 6.07) is 7.71. The molecule has 4 nitrogen and oxygen atoms in total. The Bertz CT molecular complexity index is 681. The summed E-state index contributed by atoms with van der Waals surface area (Å²) in [5, 5.41) is 0. The number of nitrogens with zero attached hydrogens (tertiary/aromatic N) is 2. The van der Waals surface area contributed by atoms with E-state index < -0.39 is 29.4 Å². The molecule has 1 aromatic heterocycles. The SMILES string of the molecule is O=C1c2ccccc2C(=O)N1c1nc(F)ccc1F. The van der Waals surface area contributed by atoms with Crippen molar-refractivity contribution in [3.05, 3.63) is 59.3 Å². The first-order valence-electron chi connectivity index (χ1n) is 5.39. The lowest BCUT2D eigenvalue weighted by atomic mass is 10.1. The summed E-state index contributed by atoms with van der Waals surface area (Å²) in [5.74, 6) is -3.94. The fourth-order valence-corrected chi connectivity index (χ4v) is 1.95. The summed E-state index contributed by atoms with van der Waals surface area (Å²) < 4.78 is 26.7. The fraction of sp³-hybridized carbons (Fsp3) is 0. The molecule has 3 rings (SSSR count). The molecular weight excluding hydrogens is 254 g/mol. The molecule has 94 valence electrons. The highest BCUT2D eigenvalue weighted by Gasteiger charge is 2.38. The number of hydrogen-bond acceptors (Lipinski definition) is 3. The van der Waals surface area contributed by atoms with Gasteiger partial charge in [0.2, 0.25) is 5.95 Å². The van der Waals surface area contributed by atoms with E-state index in [9.17, 15) is 18.4 Å². The Balaban J connectivity index is 2.17. The quantitative estimate of drug-likeness (QED) is 0.583. The number of aromatic nitrogens is 1. The topological polar surface area (TPSA) is 50.3 Å². The van der Waals surface area contributed by atoms with Crippen LogP contribution >= 0.6 is 0 Å². The van der Waals surface area contributed by atoms with Crippen molar-refractivity contribution in [2.75, 3.05) is 4.90 Å². The lowest BCUT2D eigenvalue weighted by Crippen LogP contribution is -2.31. The van der Waals surface area contributed by atoms with Gasteiger partial charge in [0.15, 0.2) is 11.6 Å². The number of imide groups is 1. The third kappa shape index (κ3) is 1.61. The average Bonchev–Trinajstić information content (AvgIpc) is 2.66. The van der Waals surface area contributed by atoms with Crippen LogP contribution in [0.5, 0.6) is 0 Å². The number of carbonyl (C=O) groups excluding carboxylic acids is 2. The molecule has 0 saturated heterocycles. The highest BCUT2D eigenvalue weighted by atomic mass is 19.1. The fourth-order valence-electron chi connectivity index (χ4n) is 1.95. The molecule has 19 heavy (non-hydrogen) atoms. The molecule has 1 aromatic carbocycles. The van der Waals surface area contributed by atoms with E-state index in [0.29, 0.717) is 4.90 Å². The minimum Gasteiger partial charge on any atom is -0.268 e. The highest BCUT2D eigenvalue weighted by molar-refractivity contribution is 6.34. The first-order valence-corrected chi connectivity index (χ1v) is 5.39.